The fourth-order valence-corrected chi connectivity index (χ4v) is 3.31. The number of hydrogen-bond donors (Lipinski definition) is 1. The molecule has 1 aromatic rings. The van der Waals surface area contributed by atoms with Gasteiger partial charge in [-0.05, 0) is 30.5 Å². The molecule has 1 aliphatic heterocycles. The highest BCUT2D eigenvalue weighted by molar-refractivity contribution is 8.13. The van der Waals surface area contributed by atoms with Crippen LogP contribution >= 0.6 is 35.0 Å². The topological polar surface area (TPSA) is 24.4 Å². The van der Waals surface area contributed by atoms with Crippen molar-refractivity contribution in [1.82, 2.24) is 5.32 Å². The van der Waals surface area contributed by atoms with E-state index in [9.17, 15) is 0 Å². The van der Waals surface area contributed by atoms with Gasteiger partial charge in [0.1, 0.15) is 0 Å². The fourth-order valence-electron chi connectivity index (χ4n) is 1.76. The van der Waals surface area contributed by atoms with E-state index in [0.717, 1.165) is 23.0 Å². The summed E-state index contributed by atoms with van der Waals surface area (Å²) >= 11 is 13.9. The third-order valence-electron chi connectivity index (χ3n) is 2.82. The molecule has 1 heterocycles. The molecule has 1 aliphatic rings. The van der Waals surface area contributed by atoms with Crippen molar-refractivity contribution < 1.29 is 0 Å². The van der Waals surface area contributed by atoms with Crippen molar-refractivity contribution in [2.45, 2.75) is 19.9 Å². The Morgan fingerprint density at radius 1 is 1.44 bits per heavy atom. The van der Waals surface area contributed by atoms with Gasteiger partial charge in [0.15, 0.2) is 5.17 Å². The number of nitrogens with zero attached hydrogens (tertiary/aromatic N) is 1. The molecule has 1 N–H and O–H groups in total. The Labute approximate surface area is 122 Å². The molecule has 2 unspecified atom stereocenters. The summed E-state index contributed by atoms with van der Waals surface area (Å²) in [4.78, 5) is 4.52. The number of aliphatic imine (C=N–C) groups is 1. The van der Waals surface area contributed by atoms with E-state index < -0.39 is 0 Å². The van der Waals surface area contributed by atoms with E-state index in [-0.39, 0.29) is 6.04 Å². The zero-order valence-corrected chi connectivity index (χ0v) is 12.7. The van der Waals surface area contributed by atoms with Gasteiger partial charge >= 0.3 is 0 Å². The van der Waals surface area contributed by atoms with Crippen molar-refractivity contribution in [3.8, 4) is 0 Å². The molecular weight excluding hydrogens is 287 g/mol. The predicted molar refractivity (Wildman–Crippen MR) is 81.9 cm³/mol. The van der Waals surface area contributed by atoms with Crippen molar-refractivity contribution in [3.63, 3.8) is 0 Å². The Balaban J connectivity index is 2.05. The van der Waals surface area contributed by atoms with Crippen molar-refractivity contribution in [3.05, 3.63) is 33.8 Å². The second-order valence-corrected chi connectivity index (χ2v) is 6.45. The maximum Gasteiger partial charge on any atom is 0.157 e. The lowest BCUT2D eigenvalue weighted by Crippen LogP contribution is -2.28. The predicted octanol–water partition coefficient (Wildman–Crippen LogP) is 4.38. The molecule has 2 atom stereocenters. The van der Waals surface area contributed by atoms with Gasteiger partial charge in [0.2, 0.25) is 0 Å². The van der Waals surface area contributed by atoms with Crippen LogP contribution in [0, 0.1) is 5.92 Å². The Kier molecular flexibility index (Phi) is 4.82. The Morgan fingerprint density at radius 2 is 2.22 bits per heavy atom. The van der Waals surface area contributed by atoms with Gasteiger partial charge in [-0.15, -0.1) is 0 Å². The molecule has 0 fully saturated rings. The highest BCUT2D eigenvalue weighted by Crippen LogP contribution is 2.27. The van der Waals surface area contributed by atoms with Gasteiger partial charge in [0.25, 0.3) is 0 Å². The van der Waals surface area contributed by atoms with Crippen LogP contribution in [0.1, 0.15) is 25.5 Å². The van der Waals surface area contributed by atoms with Gasteiger partial charge in [-0.3, -0.25) is 4.99 Å². The number of halogens is 2. The molecule has 0 saturated heterocycles. The first-order valence-corrected chi connectivity index (χ1v) is 7.69. The summed E-state index contributed by atoms with van der Waals surface area (Å²) in [7, 11) is 0. The summed E-state index contributed by atoms with van der Waals surface area (Å²) in [6, 6.07) is 5.72. The summed E-state index contributed by atoms with van der Waals surface area (Å²) in [6.45, 7) is 5.19. The van der Waals surface area contributed by atoms with Crippen LogP contribution in [-0.4, -0.2) is 17.5 Å². The van der Waals surface area contributed by atoms with Crippen molar-refractivity contribution in [2.75, 3.05) is 12.3 Å². The molecule has 2 nitrogen and oxygen atoms in total. The number of rotatable bonds is 2. The SMILES string of the molecule is CC1CN=C(NC(C)c2ccc(Cl)cc2Cl)SC1. The fraction of sp³-hybridized carbons (Fsp3) is 0.462. The van der Waals surface area contributed by atoms with Crippen LogP contribution in [0.5, 0.6) is 0 Å². The zero-order valence-electron chi connectivity index (χ0n) is 10.4. The van der Waals surface area contributed by atoms with E-state index >= 15 is 0 Å². The summed E-state index contributed by atoms with van der Waals surface area (Å²) in [5.74, 6) is 1.78. The van der Waals surface area contributed by atoms with E-state index in [4.69, 9.17) is 23.2 Å². The molecular formula is C13H16Cl2N2S. The van der Waals surface area contributed by atoms with Gasteiger partial charge in [-0.2, -0.15) is 0 Å². The molecule has 0 saturated carbocycles. The Bertz CT molecular complexity index is 462. The highest BCUT2D eigenvalue weighted by atomic mass is 35.5. The second-order valence-electron chi connectivity index (χ2n) is 4.59. The smallest absolute Gasteiger partial charge is 0.157 e. The van der Waals surface area contributed by atoms with Gasteiger partial charge in [0.05, 0.1) is 6.04 Å². The molecule has 0 aromatic heterocycles. The summed E-state index contributed by atoms with van der Waals surface area (Å²) < 4.78 is 0. The highest BCUT2D eigenvalue weighted by Gasteiger charge is 2.16. The molecule has 1 aromatic carbocycles. The van der Waals surface area contributed by atoms with E-state index in [2.05, 4.69) is 24.2 Å². The lowest BCUT2D eigenvalue weighted by molar-refractivity contribution is 0.658. The molecule has 0 radical (unpaired) electrons. The number of benzene rings is 1. The first-order valence-electron chi connectivity index (χ1n) is 5.95. The van der Waals surface area contributed by atoms with E-state index in [0.29, 0.717) is 16.0 Å². The summed E-state index contributed by atoms with van der Waals surface area (Å²) in [5, 5.41) is 5.76. The largest absolute Gasteiger partial charge is 0.358 e. The first-order chi connectivity index (χ1) is 8.56. The van der Waals surface area contributed by atoms with Crippen LogP contribution in [0.25, 0.3) is 0 Å². The number of thioether (sulfide) groups is 1. The maximum atomic E-state index is 6.19. The first kappa shape index (κ1) is 14.0. The standard InChI is InChI=1S/C13H16Cl2N2S/c1-8-6-16-13(18-7-8)17-9(2)11-4-3-10(14)5-12(11)15/h3-5,8-9H,6-7H2,1-2H3,(H,16,17). The van der Waals surface area contributed by atoms with Crippen molar-refractivity contribution in [1.29, 1.82) is 0 Å². The van der Waals surface area contributed by atoms with E-state index in [1.165, 1.54) is 0 Å². The minimum absolute atomic E-state index is 0.134. The lowest BCUT2D eigenvalue weighted by Gasteiger charge is -2.22. The number of nitrogens with one attached hydrogen (secondary N) is 1. The molecule has 0 aliphatic carbocycles. The minimum atomic E-state index is 0.134. The van der Waals surface area contributed by atoms with Crippen molar-refractivity contribution in [2.24, 2.45) is 10.9 Å². The summed E-state index contributed by atoms with van der Waals surface area (Å²) in [6.07, 6.45) is 0. The van der Waals surface area contributed by atoms with Crippen LogP contribution in [0.2, 0.25) is 10.0 Å². The van der Waals surface area contributed by atoms with Crippen molar-refractivity contribution >= 4 is 40.1 Å². The average Bonchev–Trinajstić information content (AvgIpc) is 2.32. The maximum absolute atomic E-state index is 6.19. The monoisotopic (exact) mass is 302 g/mol. The molecule has 2 rings (SSSR count). The zero-order chi connectivity index (χ0) is 13.1. The lowest BCUT2D eigenvalue weighted by atomic mass is 10.1. The minimum Gasteiger partial charge on any atom is -0.358 e. The molecule has 0 amide bonds. The van der Waals surface area contributed by atoms with Crippen LogP contribution in [0.3, 0.4) is 0 Å². The van der Waals surface area contributed by atoms with Gasteiger partial charge < -0.3 is 5.32 Å². The third-order valence-corrected chi connectivity index (χ3v) is 4.64. The second kappa shape index (κ2) is 6.18. The normalized spacial score (nSPS) is 21.3. The molecule has 0 bridgehead atoms. The van der Waals surface area contributed by atoms with Crippen LogP contribution in [0.15, 0.2) is 23.2 Å². The molecule has 18 heavy (non-hydrogen) atoms. The summed E-state index contributed by atoms with van der Waals surface area (Å²) in [5.41, 5.74) is 1.04. The van der Waals surface area contributed by atoms with E-state index in [1.807, 2.05) is 12.1 Å². The Morgan fingerprint density at radius 3 is 2.83 bits per heavy atom. The van der Waals surface area contributed by atoms with Gasteiger partial charge in [0, 0.05) is 22.3 Å². The number of amidine groups is 1. The van der Waals surface area contributed by atoms with Gasteiger partial charge in [-0.1, -0.05) is 48.0 Å². The molecule has 5 heteroatoms. The number of hydrogen-bond acceptors (Lipinski definition) is 3. The van der Waals surface area contributed by atoms with Crippen LogP contribution < -0.4 is 5.32 Å². The molecule has 98 valence electrons. The molecule has 0 spiro atoms. The van der Waals surface area contributed by atoms with Crippen LogP contribution in [0.4, 0.5) is 0 Å². The quantitative estimate of drug-likeness (QED) is 0.876. The Hall–Kier alpha value is -0.380. The van der Waals surface area contributed by atoms with E-state index in [1.54, 1.807) is 17.8 Å². The third kappa shape index (κ3) is 3.56. The van der Waals surface area contributed by atoms with Crippen LogP contribution in [-0.2, 0) is 0 Å². The van der Waals surface area contributed by atoms with Gasteiger partial charge in [-0.25, -0.2) is 0 Å². The average molecular weight is 303 g/mol.